The standard InChI is InChI=1S/C8H5BrN2OS/c9-8-11-5-2-1-4(7(10)12)3-6(5)13-8/h1-3H,(H2,10,12). The summed E-state index contributed by atoms with van der Waals surface area (Å²) in [5, 5.41) is 0. The van der Waals surface area contributed by atoms with E-state index in [-0.39, 0.29) is 0 Å². The zero-order valence-electron chi connectivity index (χ0n) is 6.45. The van der Waals surface area contributed by atoms with E-state index in [1.165, 1.54) is 11.3 Å². The zero-order chi connectivity index (χ0) is 9.42. The van der Waals surface area contributed by atoms with Crippen molar-refractivity contribution in [2.45, 2.75) is 0 Å². The topological polar surface area (TPSA) is 56.0 Å². The van der Waals surface area contributed by atoms with Gasteiger partial charge in [0.2, 0.25) is 5.91 Å². The number of fused-ring (bicyclic) bond motifs is 1. The molecule has 0 bridgehead atoms. The Hall–Kier alpha value is -0.940. The number of amides is 1. The van der Waals surface area contributed by atoms with Gasteiger partial charge in [0.25, 0.3) is 0 Å². The molecule has 0 spiro atoms. The largest absolute Gasteiger partial charge is 0.366 e. The summed E-state index contributed by atoms with van der Waals surface area (Å²) in [5.74, 6) is -0.411. The molecule has 0 radical (unpaired) electrons. The Labute approximate surface area is 86.7 Å². The van der Waals surface area contributed by atoms with Crippen LogP contribution >= 0.6 is 27.3 Å². The molecule has 1 aromatic carbocycles. The van der Waals surface area contributed by atoms with Crippen LogP contribution in [0.2, 0.25) is 0 Å². The average Bonchev–Trinajstić information content (AvgIpc) is 2.42. The zero-order valence-corrected chi connectivity index (χ0v) is 8.85. The lowest BCUT2D eigenvalue weighted by Crippen LogP contribution is -2.10. The maximum Gasteiger partial charge on any atom is 0.248 e. The molecular weight excluding hydrogens is 252 g/mol. The molecule has 1 aromatic heterocycles. The number of carbonyl (C=O) groups is 1. The van der Waals surface area contributed by atoms with E-state index < -0.39 is 5.91 Å². The smallest absolute Gasteiger partial charge is 0.248 e. The second-order valence-corrected chi connectivity index (χ2v) is 4.82. The number of hydrogen-bond acceptors (Lipinski definition) is 3. The molecule has 66 valence electrons. The highest BCUT2D eigenvalue weighted by atomic mass is 79.9. The lowest BCUT2D eigenvalue weighted by atomic mass is 10.2. The van der Waals surface area contributed by atoms with Crippen molar-refractivity contribution in [3.8, 4) is 0 Å². The monoisotopic (exact) mass is 256 g/mol. The highest BCUT2D eigenvalue weighted by Crippen LogP contribution is 2.26. The summed E-state index contributed by atoms with van der Waals surface area (Å²) in [7, 11) is 0. The Morgan fingerprint density at radius 1 is 1.54 bits per heavy atom. The van der Waals surface area contributed by atoms with Crippen LogP contribution in [-0.2, 0) is 0 Å². The summed E-state index contributed by atoms with van der Waals surface area (Å²) in [6, 6.07) is 5.22. The minimum atomic E-state index is -0.411. The molecule has 0 saturated heterocycles. The Morgan fingerprint density at radius 2 is 2.31 bits per heavy atom. The second-order valence-electron chi connectivity index (χ2n) is 2.51. The van der Waals surface area contributed by atoms with E-state index in [0.29, 0.717) is 5.56 Å². The molecular formula is C8H5BrN2OS. The predicted molar refractivity (Wildman–Crippen MR) is 55.8 cm³/mol. The fourth-order valence-corrected chi connectivity index (χ4v) is 2.49. The third kappa shape index (κ3) is 1.57. The highest BCUT2D eigenvalue weighted by molar-refractivity contribution is 9.11. The van der Waals surface area contributed by atoms with Crippen LogP contribution in [0.25, 0.3) is 10.2 Å². The van der Waals surface area contributed by atoms with Gasteiger partial charge in [0.15, 0.2) is 3.92 Å². The van der Waals surface area contributed by atoms with Gasteiger partial charge in [-0.25, -0.2) is 4.98 Å². The molecule has 0 atom stereocenters. The first-order valence-corrected chi connectivity index (χ1v) is 5.13. The number of aromatic nitrogens is 1. The molecule has 0 aliphatic rings. The lowest BCUT2D eigenvalue weighted by molar-refractivity contribution is 0.100. The van der Waals surface area contributed by atoms with E-state index in [4.69, 9.17) is 5.73 Å². The third-order valence-corrected chi connectivity index (χ3v) is 3.12. The van der Waals surface area contributed by atoms with Crippen molar-refractivity contribution in [1.29, 1.82) is 0 Å². The van der Waals surface area contributed by atoms with Gasteiger partial charge in [0.1, 0.15) is 0 Å². The van der Waals surface area contributed by atoms with Gasteiger partial charge in [0.05, 0.1) is 10.2 Å². The van der Waals surface area contributed by atoms with Crippen LogP contribution in [0.15, 0.2) is 22.1 Å². The maximum atomic E-state index is 10.8. The SMILES string of the molecule is NC(=O)c1ccc2nc(Br)sc2c1. The summed E-state index contributed by atoms with van der Waals surface area (Å²) in [4.78, 5) is 15.0. The van der Waals surface area contributed by atoms with Gasteiger partial charge in [-0.3, -0.25) is 4.79 Å². The summed E-state index contributed by atoms with van der Waals surface area (Å²) >= 11 is 4.76. The first-order valence-electron chi connectivity index (χ1n) is 3.53. The van der Waals surface area contributed by atoms with E-state index in [2.05, 4.69) is 20.9 Å². The van der Waals surface area contributed by atoms with Crippen molar-refractivity contribution >= 4 is 43.4 Å². The fraction of sp³-hybridized carbons (Fsp3) is 0. The molecule has 1 amide bonds. The lowest BCUT2D eigenvalue weighted by Gasteiger charge is -1.92. The van der Waals surface area contributed by atoms with E-state index in [1.54, 1.807) is 18.2 Å². The number of thiazole rings is 1. The van der Waals surface area contributed by atoms with Crippen molar-refractivity contribution in [3.63, 3.8) is 0 Å². The average molecular weight is 257 g/mol. The van der Waals surface area contributed by atoms with Gasteiger partial charge in [-0.1, -0.05) is 0 Å². The van der Waals surface area contributed by atoms with E-state index in [0.717, 1.165) is 14.1 Å². The fourth-order valence-electron chi connectivity index (χ4n) is 1.05. The molecule has 0 unspecified atom stereocenters. The van der Waals surface area contributed by atoms with Gasteiger partial charge >= 0.3 is 0 Å². The van der Waals surface area contributed by atoms with Crippen LogP contribution in [0.3, 0.4) is 0 Å². The Balaban J connectivity index is 2.67. The number of carbonyl (C=O) groups excluding carboxylic acids is 1. The van der Waals surface area contributed by atoms with Gasteiger partial charge in [-0.05, 0) is 34.1 Å². The number of nitrogens with zero attached hydrogens (tertiary/aromatic N) is 1. The van der Waals surface area contributed by atoms with Gasteiger partial charge in [0, 0.05) is 5.56 Å². The van der Waals surface area contributed by atoms with Gasteiger partial charge < -0.3 is 5.73 Å². The summed E-state index contributed by atoms with van der Waals surface area (Å²) in [6.45, 7) is 0. The Morgan fingerprint density at radius 3 is 3.00 bits per heavy atom. The van der Waals surface area contributed by atoms with Crippen LogP contribution in [0.1, 0.15) is 10.4 Å². The summed E-state index contributed by atoms with van der Waals surface area (Å²) in [6.07, 6.45) is 0. The molecule has 2 aromatic rings. The molecule has 13 heavy (non-hydrogen) atoms. The number of primary amides is 1. The molecule has 5 heteroatoms. The minimum absolute atomic E-state index is 0.411. The van der Waals surface area contributed by atoms with Gasteiger partial charge in [-0.15, -0.1) is 11.3 Å². The van der Waals surface area contributed by atoms with E-state index in [1.807, 2.05) is 0 Å². The molecule has 0 saturated carbocycles. The van der Waals surface area contributed by atoms with Crippen molar-refractivity contribution in [1.82, 2.24) is 4.98 Å². The van der Waals surface area contributed by atoms with Crippen molar-refractivity contribution in [3.05, 3.63) is 27.7 Å². The van der Waals surface area contributed by atoms with Crippen LogP contribution in [0.4, 0.5) is 0 Å². The number of hydrogen-bond donors (Lipinski definition) is 1. The molecule has 2 N–H and O–H groups in total. The normalized spacial score (nSPS) is 10.5. The second kappa shape index (κ2) is 3.08. The maximum absolute atomic E-state index is 10.8. The Kier molecular flexibility index (Phi) is 2.05. The summed E-state index contributed by atoms with van der Waals surface area (Å²) < 4.78 is 1.77. The van der Waals surface area contributed by atoms with Crippen LogP contribution in [-0.4, -0.2) is 10.9 Å². The number of rotatable bonds is 1. The predicted octanol–water partition coefficient (Wildman–Crippen LogP) is 2.16. The van der Waals surface area contributed by atoms with Crippen molar-refractivity contribution in [2.24, 2.45) is 5.73 Å². The molecule has 3 nitrogen and oxygen atoms in total. The van der Waals surface area contributed by atoms with Crippen molar-refractivity contribution in [2.75, 3.05) is 0 Å². The van der Waals surface area contributed by atoms with Crippen LogP contribution < -0.4 is 5.73 Å². The quantitative estimate of drug-likeness (QED) is 0.851. The summed E-state index contributed by atoms with van der Waals surface area (Å²) in [5.41, 5.74) is 6.54. The van der Waals surface area contributed by atoms with Crippen LogP contribution in [0.5, 0.6) is 0 Å². The number of nitrogens with two attached hydrogens (primary N) is 1. The number of benzene rings is 1. The Bertz CT molecular complexity index is 480. The van der Waals surface area contributed by atoms with Crippen LogP contribution in [0, 0.1) is 0 Å². The molecule has 0 aliphatic carbocycles. The molecule has 0 fully saturated rings. The van der Waals surface area contributed by atoms with Gasteiger partial charge in [-0.2, -0.15) is 0 Å². The first-order chi connectivity index (χ1) is 6.16. The highest BCUT2D eigenvalue weighted by Gasteiger charge is 2.04. The molecule has 0 aliphatic heterocycles. The third-order valence-electron chi connectivity index (χ3n) is 1.65. The van der Waals surface area contributed by atoms with E-state index in [9.17, 15) is 4.79 Å². The number of halogens is 1. The molecule has 1 heterocycles. The van der Waals surface area contributed by atoms with Crippen molar-refractivity contribution < 1.29 is 4.79 Å². The van der Waals surface area contributed by atoms with E-state index >= 15 is 0 Å². The molecule has 2 rings (SSSR count). The first kappa shape index (κ1) is 8.65. The minimum Gasteiger partial charge on any atom is -0.366 e.